The molecule has 0 aliphatic heterocycles. The van der Waals surface area contributed by atoms with E-state index in [1.807, 2.05) is 37.3 Å². The SMILES string of the molecule is CCCNC(=O)[C@H](Cc1ccccc1)N(Cc1ccc(F)cc1)C(=O)CCCN(C)S(=O)(=O)c1ccccc1. The molecule has 1 N–H and O–H groups in total. The van der Waals surface area contributed by atoms with Gasteiger partial charge in [-0.2, -0.15) is 0 Å². The molecule has 3 aromatic carbocycles. The molecule has 0 unspecified atom stereocenters. The van der Waals surface area contributed by atoms with Crippen LogP contribution in [-0.2, 0) is 32.6 Å². The maximum absolute atomic E-state index is 13.6. The molecule has 0 aliphatic rings. The first-order valence-corrected chi connectivity index (χ1v) is 14.5. The topological polar surface area (TPSA) is 86.8 Å². The summed E-state index contributed by atoms with van der Waals surface area (Å²) in [7, 11) is -2.20. The third-order valence-electron chi connectivity index (χ3n) is 6.40. The zero-order valence-electron chi connectivity index (χ0n) is 22.4. The van der Waals surface area contributed by atoms with E-state index in [9.17, 15) is 22.4 Å². The van der Waals surface area contributed by atoms with Crippen molar-refractivity contribution in [2.45, 2.75) is 50.1 Å². The third-order valence-corrected chi connectivity index (χ3v) is 8.27. The molecule has 3 aromatic rings. The van der Waals surface area contributed by atoms with Crippen LogP contribution in [0, 0.1) is 5.82 Å². The predicted octanol–water partition coefficient (Wildman–Crippen LogP) is 4.39. The van der Waals surface area contributed by atoms with E-state index in [1.165, 1.54) is 40.5 Å². The molecular formula is C30H36FN3O4S. The summed E-state index contributed by atoms with van der Waals surface area (Å²) < 4.78 is 40.5. The lowest BCUT2D eigenvalue weighted by atomic mass is 10.0. The zero-order valence-corrected chi connectivity index (χ0v) is 23.2. The molecule has 0 radical (unpaired) electrons. The second kappa shape index (κ2) is 14.6. The van der Waals surface area contributed by atoms with Crippen molar-refractivity contribution in [3.63, 3.8) is 0 Å². The van der Waals surface area contributed by atoms with Gasteiger partial charge in [0, 0.05) is 39.5 Å². The number of nitrogens with zero attached hydrogens (tertiary/aromatic N) is 2. The number of hydrogen-bond acceptors (Lipinski definition) is 4. The van der Waals surface area contributed by atoms with Crippen LogP contribution in [0.1, 0.15) is 37.3 Å². The Morgan fingerprint density at radius 2 is 1.51 bits per heavy atom. The van der Waals surface area contributed by atoms with Crippen LogP contribution in [0.4, 0.5) is 4.39 Å². The average molecular weight is 554 g/mol. The monoisotopic (exact) mass is 553 g/mol. The van der Waals surface area contributed by atoms with Crippen LogP contribution >= 0.6 is 0 Å². The van der Waals surface area contributed by atoms with E-state index >= 15 is 0 Å². The largest absolute Gasteiger partial charge is 0.354 e. The fourth-order valence-corrected chi connectivity index (χ4v) is 5.43. The predicted molar refractivity (Wildman–Crippen MR) is 150 cm³/mol. The Bertz CT molecular complexity index is 1300. The van der Waals surface area contributed by atoms with Crippen LogP contribution in [0.25, 0.3) is 0 Å². The summed E-state index contributed by atoms with van der Waals surface area (Å²) in [5.41, 5.74) is 1.59. The van der Waals surface area contributed by atoms with Crippen molar-refractivity contribution in [1.82, 2.24) is 14.5 Å². The van der Waals surface area contributed by atoms with Gasteiger partial charge in [0.25, 0.3) is 0 Å². The maximum atomic E-state index is 13.6. The smallest absolute Gasteiger partial charge is 0.243 e. The van der Waals surface area contributed by atoms with Gasteiger partial charge in [0.1, 0.15) is 11.9 Å². The van der Waals surface area contributed by atoms with Crippen molar-refractivity contribution in [3.8, 4) is 0 Å². The minimum atomic E-state index is -3.68. The van der Waals surface area contributed by atoms with Gasteiger partial charge in [0.15, 0.2) is 0 Å². The first-order chi connectivity index (χ1) is 18.7. The Balaban J connectivity index is 1.80. The Hall–Kier alpha value is -3.56. The molecule has 2 amide bonds. The minimum absolute atomic E-state index is 0.0438. The van der Waals surface area contributed by atoms with Crippen LogP contribution < -0.4 is 5.32 Å². The highest BCUT2D eigenvalue weighted by atomic mass is 32.2. The van der Waals surface area contributed by atoms with E-state index in [0.29, 0.717) is 18.5 Å². The van der Waals surface area contributed by atoms with E-state index in [0.717, 1.165) is 12.0 Å². The standard InChI is InChI=1S/C30H36FN3O4S/c1-3-20-32-30(36)28(22-24-11-6-4-7-12-24)34(23-25-16-18-26(31)19-17-25)29(35)15-10-21-33(2)39(37,38)27-13-8-5-9-14-27/h4-9,11-14,16-19,28H,3,10,15,20-23H2,1-2H3,(H,32,36)/t28-/m0/s1. The molecule has 208 valence electrons. The number of carbonyl (C=O) groups is 2. The van der Waals surface area contributed by atoms with E-state index in [1.54, 1.807) is 30.3 Å². The number of amides is 2. The van der Waals surface area contributed by atoms with Crippen molar-refractivity contribution in [1.29, 1.82) is 0 Å². The number of halogens is 1. The molecule has 0 saturated heterocycles. The molecule has 1 atom stereocenters. The Kier molecular flexibility index (Phi) is 11.2. The number of nitrogens with one attached hydrogen (secondary N) is 1. The lowest BCUT2D eigenvalue weighted by Crippen LogP contribution is -2.50. The summed E-state index contributed by atoms with van der Waals surface area (Å²) in [4.78, 5) is 28.7. The van der Waals surface area contributed by atoms with Crippen LogP contribution in [0.15, 0.2) is 89.8 Å². The number of hydrogen-bond donors (Lipinski definition) is 1. The Labute approximate surface area is 230 Å². The molecule has 0 saturated carbocycles. The Morgan fingerprint density at radius 3 is 2.13 bits per heavy atom. The molecule has 0 bridgehead atoms. The van der Waals surface area contributed by atoms with Gasteiger partial charge in [-0.05, 0) is 48.2 Å². The molecule has 0 fully saturated rings. The van der Waals surface area contributed by atoms with Gasteiger partial charge in [0.2, 0.25) is 21.8 Å². The molecular weight excluding hydrogens is 517 g/mol. The highest BCUT2D eigenvalue weighted by Gasteiger charge is 2.30. The normalized spacial score (nSPS) is 12.2. The Morgan fingerprint density at radius 1 is 0.897 bits per heavy atom. The van der Waals surface area contributed by atoms with Crippen molar-refractivity contribution in [2.75, 3.05) is 20.1 Å². The van der Waals surface area contributed by atoms with Gasteiger partial charge < -0.3 is 10.2 Å². The number of benzene rings is 3. The molecule has 9 heteroatoms. The van der Waals surface area contributed by atoms with Crippen molar-refractivity contribution in [3.05, 3.63) is 102 Å². The van der Waals surface area contributed by atoms with Crippen LogP contribution in [0.5, 0.6) is 0 Å². The van der Waals surface area contributed by atoms with Gasteiger partial charge in [-0.15, -0.1) is 0 Å². The summed E-state index contributed by atoms with van der Waals surface area (Å²) >= 11 is 0. The van der Waals surface area contributed by atoms with Crippen LogP contribution in [0.3, 0.4) is 0 Å². The molecule has 39 heavy (non-hydrogen) atoms. The van der Waals surface area contributed by atoms with Crippen molar-refractivity contribution < 1.29 is 22.4 Å². The fraction of sp³-hybridized carbons (Fsp3) is 0.333. The molecule has 7 nitrogen and oxygen atoms in total. The van der Waals surface area contributed by atoms with Gasteiger partial charge in [-0.3, -0.25) is 9.59 Å². The quantitative estimate of drug-likeness (QED) is 0.321. The van der Waals surface area contributed by atoms with E-state index in [-0.39, 0.29) is 48.5 Å². The highest BCUT2D eigenvalue weighted by Crippen LogP contribution is 2.18. The molecule has 0 aromatic heterocycles. The summed E-state index contributed by atoms with van der Waals surface area (Å²) in [6, 6.07) is 22.6. The average Bonchev–Trinajstić information content (AvgIpc) is 2.95. The minimum Gasteiger partial charge on any atom is -0.354 e. The first-order valence-electron chi connectivity index (χ1n) is 13.1. The summed E-state index contributed by atoms with van der Waals surface area (Å²) in [6.45, 7) is 2.69. The third kappa shape index (κ3) is 8.73. The van der Waals surface area contributed by atoms with Gasteiger partial charge >= 0.3 is 0 Å². The van der Waals surface area contributed by atoms with Gasteiger partial charge in [-0.1, -0.05) is 67.6 Å². The molecule has 0 aliphatic carbocycles. The number of carbonyl (C=O) groups excluding carboxylic acids is 2. The van der Waals surface area contributed by atoms with Crippen molar-refractivity contribution >= 4 is 21.8 Å². The van der Waals surface area contributed by atoms with E-state index in [2.05, 4.69) is 5.32 Å². The summed E-state index contributed by atoms with van der Waals surface area (Å²) in [5.74, 6) is -0.932. The summed E-state index contributed by atoms with van der Waals surface area (Å²) in [5, 5.41) is 2.91. The second-order valence-corrected chi connectivity index (χ2v) is 11.4. The zero-order chi connectivity index (χ0) is 28.3. The fourth-order valence-electron chi connectivity index (χ4n) is 4.20. The number of rotatable bonds is 14. The summed E-state index contributed by atoms with van der Waals surface area (Å²) in [6.07, 6.45) is 1.38. The first kappa shape index (κ1) is 30.0. The van der Waals surface area contributed by atoms with Gasteiger partial charge in [0.05, 0.1) is 4.90 Å². The van der Waals surface area contributed by atoms with Crippen LogP contribution in [0.2, 0.25) is 0 Å². The van der Waals surface area contributed by atoms with E-state index in [4.69, 9.17) is 0 Å². The molecule has 0 heterocycles. The number of sulfonamides is 1. The van der Waals surface area contributed by atoms with Crippen LogP contribution in [-0.4, -0.2) is 55.6 Å². The maximum Gasteiger partial charge on any atom is 0.243 e. The lowest BCUT2D eigenvalue weighted by molar-refractivity contribution is -0.141. The molecule has 0 spiro atoms. The van der Waals surface area contributed by atoms with E-state index < -0.39 is 16.1 Å². The highest BCUT2D eigenvalue weighted by molar-refractivity contribution is 7.89. The molecule has 3 rings (SSSR count). The lowest BCUT2D eigenvalue weighted by Gasteiger charge is -2.32. The second-order valence-electron chi connectivity index (χ2n) is 9.39. The van der Waals surface area contributed by atoms with Gasteiger partial charge in [-0.25, -0.2) is 17.1 Å². The van der Waals surface area contributed by atoms with Crippen molar-refractivity contribution in [2.24, 2.45) is 0 Å².